The molecule has 0 unspecified atom stereocenters. The molecule has 0 aliphatic heterocycles. The Kier molecular flexibility index (Phi) is 4.67. The lowest BCUT2D eigenvalue weighted by Gasteiger charge is -2.08. The summed E-state index contributed by atoms with van der Waals surface area (Å²) in [6.07, 6.45) is 5.97. The standard InChI is InChI=1S/C20H20FN3O2/c21-18-7-6-15(9-16(18)13-26-12-14-4-5-14)20(25)22-10-17-11-23-24-8-2-1-3-19(17)24/h1-3,6-9,11,14H,4-5,10,12-13H2,(H,22,25). The zero-order chi connectivity index (χ0) is 17.9. The first kappa shape index (κ1) is 16.7. The van der Waals surface area contributed by atoms with Crippen molar-refractivity contribution < 1.29 is 13.9 Å². The van der Waals surface area contributed by atoms with E-state index in [1.165, 1.54) is 25.0 Å². The molecule has 6 heteroatoms. The van der Waals surface area contributed by atoms with Gasteiger partial charge in [-0.15, -0.1) is 0 Å². The molecule has 1 N–H and O–H groups in total. The summed E-state index contributed by atoms with van der Waals surface area (Å²) in [6, 6.07) is 10.1. The number of nitrogens with one attached hydrogen (secondary N) is 1. The van der Waals surface area contributed by atoms with Gasteiger partial charge in [0.1, 0.15) is 5.82 Å². The molecule has 3 aromatic rings. The monoisotopic (exact) mass is 353 g/mol. The lowest BCUT2D eigenvalue weighted by molar-refractivity contribution is 0.0949. The zero-order valence-electron chi connectivity index (χ0n) is 14.3. The van der Waals surface area contributed by atoms with Crippen LogP contribution in [0.4, 0.5) is 4.39 Å². The summed E-state index contributed by atoms with van der Waals surface area (Å²) in [5, 5.41) is 7.12. The van der Waals surface area contributed by atoms with Crippen molar-refractivity contribution in [2.24, 2.45) is 5.92 Å². The van der Waals surface area contributed by atoms with Gasteiger partial charge in [0, 0.05) is 36.0 Å². The molecule has 1 aliphatic carbocycles. The highest BCUT2D eigenvalue weighted by Gasteiger charge is 2.21. The van der Waals surface area contributed by atoms with E-state index in [9.17, 15) is 9.18 Å². The molecule has 0 spiro atoms. The van der Waals surface area contributed by atoms with Crippen LogP contribution in [0.2, 0.25) is 0 Å². The van der Waals surface area contributed by atoms with Crippen molar-refractivity contribution in [3.63, 3.8) is 0 Å². The van der Waals surface area contributed by atoms with Crippen molar-refractivity contribution in [3.05, 3.63) is 71.3 Å². The van der Waals surface area contributed by atoms with Crippen molar-refractivity contribution in [3.8, 4) is 0 Å². The number of hydrogen-bond acceptors (Lipinski definition) is 3. The fourth-order valence-corrected chi connectivity index (χ4v) is 2.85. The normalized spacial score (nSPS) is 13.9. The van der Waals surface area contributed by atoms with Crippen LogP contribution < -0.4 is 5.32 Å². The Labute approximate surface area is 150 Å². The molecular weight excluding hydrogens is 333 g/mol. The highest BCUT2D eigenvalue weighted by molar-refractivity contribution is 5.94. The van der Waals surface area contributed by atoms with Crippen molar-refractivity contribution in [2.75, 3.05) is 6.61 Å². The summed E-state index contributed by atoms with van der Waals surface area (Å²) in [7, 11) is 0. The van der Waals surface area contributed by atoms with E-state index >= 15 is 0 Å². The first-order valence-corrected chi connectivity index (χ1v) is 8.76. The molecule has 2 aromatic heterocycles. The van der Waals surface area contributed by atoms with E-state index in [1.54, 1.807) is 16.8 Å². The van der Waals surface area contributed by atoms with Gasteiger partial charge < -0.3 is 10.1 Å². The number of carbonyl (C=O) groups excluding carboxylic acids is 1. The highest BCUT2D eigenvalue weighted by atomic mass is 19.1. The van der Waals surface area contributed by atoms with E-state index < -0.39 is 0 Å². The fraction of sp³-hybridized carbons (Fsp3) is 0.300. The Balaban J connectivity index is 1.40. The summed E-state index contributed by atoms with van der Waals surface area (Å²) in [6.45, 7) is 1.21. The molecule has 134 valence electrons. The van der Waals surface area contributed by atoms with E-state index in [0.29, 0.717) is 30.2 Å². The van der Waals surface area contributed by atoms with Gasteiger partial charge in [-0.25, -0.2) is 8.91 Å². The van der Waals surface area contributed by atoms with Crippen LogP contribution in [-0.2, 0) is 17.9 Å². The number of halogens is 1. The lowest BCUT2D eigenvalue weighted by atomic mass is 10.1. The second kappa shape index (κ2) is 7.25. The Hall–Kier alpha value is -2.73. The van der Waals surface area contributed by atoms with Crippen molar-refractivity contribution in [1.29, 1.82) is 0 Å². The van der Waals surface area contributed by atoms with Gasteiger partial charge in [0.05, 0.1) is 18.3 Å². The number of carbonyl (C=O) groups is 1. The number of pyridine rings is 1. The van der Waals surface area contributed by atoms with Crippen LogP contribution in [0.15, 0.2) is 48.8 Å². The van der Waals surface area contributed by atoms with Gasteiger partial charge in [0.2, 0.25) is 0 Å². The third-order valence-corrected chi connectivity index (χ3v) is 4.56. The predicted octanol–water partition coefficient (Wildman–Crippen LogP) is 3.33. The van der Waals surface area contributed by atoms with Crippen LogP contribution >= 0.6 is 0 Å². The zero-order valence-corrected chi connectivity index (χ0v) is 14.3. The van der Waals surface area contributed by atoms with E-state index in [4.69, 9.17) is 4.74 Å². The van der Waals surface area contributed by atoms with Gasteiger partial charge >= 0.3 is 0 Å². The molecule has 1 saturated carbocycles. The number of nitrogens with zero attached hydrogens (tertiary/aromatic N) is 2. The molecule has 1 fully saturated rings. The van der Waals surface area contributed by atoms with E-state index in [-0.39, 0.29) is 18.3 Å². The number of ether oxygens (including phenoxy) is 1. The molecule has 0 radical (unpaired) electrons. The maximum atomic E-state index is 13.9. The van der Waals surface area contributed by atoms with Crippen LogP contribution in [0, 0.1) is 11.7 Å². The summed E-state index contributed by atoms with van der Waals surface area (Å²) in [5.41, 5.74) is 2.71. The number of hydrogen-bond donors (Lipinski definition) is 1. The third kappa shape index (κ3) is 3.75. The van der Waals surface area contributed by atoms with Crippen molar-refractivity contribution in [2.45, 2.75) is 26.0 Å². The minimum Gasteiger partial charge on any atom is -0.376 e. The molecule has 0 saturated heterocycles. The summed E-state index contributed by atoms with van der Waals surface area (Å²) in [4.78, 5) is 12.4. The number of benzene rings is 1. The second-order valence-electron chi connectivity index (χ2n) is 6.65. The summed E-state index contributed by atoms with van der Waals surface area (Å²) < 4.78 is 21.2. The molecule has 5 nitrogen and oxygen atoms in total. The molecule has 1 aliphatic rings. The molecule has 4 rings (SSSR count). The molecule has 26 heavy (non-hydrogen) atoms. The Morgan fingerprint density at radius 1 is 1.27 bits per heavy atom. The van der Waals surface area contributed by atoms with Crippen LogP contribution in [-0.4, -0.2) is 22.1 Å². The number of amides is 1. The minimum atomic E-state index is -0.347. The molecule has 1 amide bonds. The number of aromatic nitrogens is 2. The maximum absolute atomic E-state index is 13.9. The van der Waals surface area contributed by atoms with Gasteiger partial charge in [-0.1, -0.05) is 6.07 Å². The smallest absolute Gasteiger partial charge is 0.251 e. The van der Waals surface area contributed by atoms with E-state index in [2.05, 4.69) is 10.4 Å². The molecule has 0 bridgehead atoms. The Bertz CT molecular complexity index is 934. The summed E-state index contributed by atoms with van der Waals surface area (Å²) in [5.74, 6) is 0.0269. The SMILES string of the molecule is O=C(NCc1cnn2ccccc12)c1ccc(F)c(COCC2CC2)c1. The third-order valence-electron chi connectivity index (χ3n) is 4.56. The van der Waals surface area contributed by atoms with Gasteiger partial charge in [0.15, 0.2) is 0 Å². The Morgan fingerprint density at radius 3 is 3.00 bits per heavy atom. The fourth-order valence-electron chi connectivity index (χ4n) is 2.85. The molecular formula is C20H20FN3O2. The van der Waals surface area contributed by atoms with Crippen LogP contribution in [0.5, 0.6) is 0 Å². The first-order valence-electron chi connectivity index (χ1n) is 8.76. The van der Waals surface area contributed by atoms with Crippen LogP contribution in [0.1, 0.15) is 34.3 Å². The number of rotatable bonds is 7. The van der Waals surface area contributed by atoms with Gasteiger partial charge in [-0.05, 0) is 49.1 Å². The molecule has 0 atom stereocenters. The van der Waals surface area contributed by atoms with E-state index in [1.807, 2.05) is 24.4 Å². The minimum absolute atomic E-state index is 0.192. The summed E-state index contributed by atoms with van der Waals surface area (Å²) >= 11 is 0. The average Bonchev–Trinajstić information content (AvgIpc) is 3.39. The second-order valence-corrected chi connectivity index (χ2v) is 6.65. The van der Waals surface area contributed by atoms with Crippen molar-refractivity contribution in [1.82, 2.24) is 14.9 Å². The molecule has 1 aromatic carbocycles. The Morgan fingerprint density at radius 2 is 2.15 bits per heavy atom. The van der Waals surface area contributed by atoms with E-state index in [0.717, 1.165) is 11.1 Å². The molecule has 2 heterocycles. The average molecular weight is 353 g/mol. The topological polar surface area (TPSA) is 55.6 Å². The van der Waals surface area contributed by atoms with Crippen LogP contribution in [0.3, 0.4) is 0 Å². The quantitative estimate of drug-likeness (QED) is 0.709. The first-order chi connectivity index (χ1) is 12.7. The highest BCUT2D eigenvalue weighted by Crippen LogP contribution is 2.29. The maximum Gasteiger partial charge on any atom is 0.251 e. The number of fused-ring (bicyclic) bond motifs is 1. The van der Waals surface area contributed by atoms with Crippen LogP contribution in [0.25, 0.3) is 5.52 Å². The largest absolute Gasteiger partial charge is 0.376 e. The van der Waals surface area contributed by atoms with Crippen molar-refractivity contribution >= 4 is 11.4 Å². The van der Waals surface area contributed by atoms with Gasteiger partial charge in [-0.2, -0.15) is 5.10 Å². The van der Waals surface area contributed by atoms with Gasteiger partial charge in [0.25, 0.3) is 5.91 Å². The lowest BCUT2D eigenvalue weighted by Crippen LogP contribution is -2.23. The predicted molar refractivity (Wildman–Crippen MR) is 95.1 cm³/mol. The van der Waals surface area contributed by atoms with Gasteiger partial charge in [-0.3, -0.25) is 4.79 Å².